The van der Waals surface area contributed by atoms with Gasteiger partial charge in [-0.15, -0.1) is 0 Å². The fourth-order valence-corrected chi connectivity index (χ4v) is 3.64. The van der Waals surface area contributed by atoms with Crippen LogP contribution in [0.3, 0.4) is 0 Å². The van der Waals surface area contributed by atoms with Gasteiger partial charge in [0.05, 0.1) is 11.0 Å². The Morgan fingerprint density at radius 2 is 2.25 bits per heavy atom. The lowest BCUT2D eigenvalue weighted by Crippen LogP contribution is -2.18. The highest BCUT2D eigenvalue weighted by Crippen LogP contribution is 2.23. The SMILES string of the molecule is CNCCCC1CCCS1(=O)=O. The van der Waals surface area contributed by atoms with Crippen LogP contribution in [0.4, 0.5) is 0 Å². The maximum Gasteiger partial charge on any atom is 0.153 e. The summed E-state index contributed by atoms with van der Waals surface area (Å²) in [5.41, 5.74) is 0. The van der Waals surface area contributed by atoms with Crippen LogP contribution in [0.15, 0.2) is 0 Å². The molecule has 4 heteroatoms. The quantitative estimate of drug-likeness (QED) is 0.661. The summed E-state index contributed by atoms with van der Waals surface area (Å²) in [4.78, 5) is 0. The van der Waals surface area contributed by atoms with E-state index < -0.39 is 9.84 Å². The van der Waals surface area contributed by atoms with Gasteiger partial charge in [0.1, 0.15) is 0 Å². The van der Waals surface area contributed by atoms with E-state index in [2.05, 4.69) is 5.32 Å². The lowest BCUT2D eigenvalue weighted by Gasteiger charge is -2.07. The van der Waals surface area contributed by atoms with Crippen molar-refractivity contribution >= 4 is 9.84 Å². The number of hydrogen-bond donors (Lipinski definition) is 1. The van der Waals surface area contributed by atoms with Gasteiger partial charge in [0.2, 0.25) is 0 Å². The summed E-state index contributed by atoms with van der Waals surface area (Å²) in [7, 11) is -0.803. The van der Waals surface area contributed by atoms with Crippen LogP contribution < -0.4 is 5.32 Å². The summed E-state index contributed by atoms with van der Waals surface area (Å²) in [5, 5.41) is 2.99. The Bertz CT molecular complexity index is 223. The normalized spacial score (nSPS) is 27.6. The lowest BCUT2D eigenvalue weighted by molar-refractivity contribution is 0.571. The summed E-state index contributed by atoms with van der Waals surface area (Å²) in [6.07, 6.45) is 3.56. The Morgan fingerprint density at radius 3 is 2.75 bits per heavy atom. The van der Waals surface area contributed by atoms with Crippen LogP contribution in [0.1, 0.15) is 25.7 Å². The molecule has 3 nitrogen and oxygen atoms in total. The average molecular weight is 191 g/mol. The minimum Gasteiger partial charge on any atom is -0.320 e. The molecule has 0 spiro atoms. The minimum atomic E-state index is -2.70. The molecule has 1 heterocycles. The third-order valence-corrected chi connectivity index (χ3v) is 4.76. The topological polar surface area (TPSA) is 46.2 Å². The van der Waals surface area contributed by atoms with Gasteiger partial charge in [-0.25, -0.2) is 8.42 Å². The molecule has 72 valence electrons. The average Bonchev–Trinajstić information content (AvgIpc) is 2.32. The van der Waals surface area contributed by atoms with Crippen LogP contribution in [-0.2, 0) is 9.84 Å². The molecule has 0 saturated carbocycles. The molecular formula is C8H17NO2S. The number of nitrogens with one attached hydrogen (secondary N) is 1. The van der Waals surface area contributed by atoms with Crippen LogP contribution in [0, 0.1) is 0 Å². The Kier molecular flexibility index (Phi) is 3.53. The maximum absolute atomic E-state index is 11.3. The van der Waals surface area contributed by atoms with Gasteiger partial charge < -0.3 is 5.32 Å². The maximum atomic E-state index is 11.3. The van der Waals surface area contributed by atoms with E-state index in [1.165, 1.54) is 0 Å². The molecule has 0 bridgehead atoms. The van der Waals surface area contributed by atoms with Crippen molar-refractivity contribution < 1.29 is 8.42 Å². The van der Waals surface area contributed by atoms with Crippen molar-refractivity contribution in [2.45, 2.75) is 30.9 Å². The first-order valence-corrected chi connectivity index (χ1v) is 6.24. The molecule has 1 unspecified atom stereocenters. The molecule has 0 aromatic heterocycles. The van der Waals surface area contributed by atoms with Gasteiger partial charge >= 0.3 is 0 Å². The van der Waals surface area contributed by atoms with Crippen LogP contribution in [-0.4, -0.2) is 33.0 Å². The molecule has 0 amide bonds. The summed E-state index contributed by atoms with van der Waals surface area (Å²) in [6, 6.07) is 0. The first-order chi connectivity index (χ1) is 5.67. The first kappa shape index (κ1) is 9.99. The number of sulfone groups is 1. The van der Waals surface area contributed by atoms with Gasteiger partial charge in [0, 0.05) is 0 Å². The van der Waals surface area contributed by atoms with Crippen LogP contribution in [0.2, 0.25) is 0 Å². The summed E-state index contributed by atoms with van der Waals surface area (Å²) >= 11 is 0. The third-order valence-electron chi connectivity index (χ3n) is 2.42. The molecule has 0 aromatic rings. The van der Waals surface area contributed by atoms with E-state index in [4.69, 9.17) is 0 Å². The molecule has 1 atom stereocenters. The monoisotopic (exact) mass is 191 g/mol. The number of rotatable bonds is 4. The van der Waals surface area contributed by atoms with Crippen molar-refractivity contribution in [3.8, 4) is 0 Å². The fourth-order valence-electron chi connectivity index (χ4n) is 1.69. The van der Waals surface area contributed by atoms with Crippen molar-refractivity contribution in [3.63, 3.8) is 0 Å². The van der Waals surface area contributed by atoms with Crippen LogP contribution in [0.5, 0.6) is 0 Å². The van der Waals surface area contributed by atoms with Crippen molar-refractivity contribution in [1.29, 1.82) is 0 Å². The number of hydrogen-bond acceptors (Lipinski definition) is 3. The van der Waals surface area contributed by atoms with Gasteiger partial charge in [-0.05, 0) is 39.3 Å². The van der Waals surface area contributed by atoms with Crippen molar-refractivity contribution in [2.24, 2.45) is 0 Å². The zero-order valence-electron chi connectivity index (χ0n) is 7.54. The molecule has 1 rings (SSSR count). The minimum absolute atomic E-state index is 0.0363. The van der Waals surface area contributed by atoms with E-state index >= 15 is 0 Å². The fraction of sp³-hybridized carbons (Fsp3) is 1.00. The van der Waals surface area contributed by atoms with Gasteiger partial charge in [-0.1, -0.05) is 0 Å². The van der Waals surface area contributed by atoms with Crippen LogP contribution >= 0.6 is 0 Å². The van der Waals surface area contributed by atoms with E-state index in [1.807, 2.05) is 7.05 Å². The van der Waals surface area contributed by atoms with Crippen molar-refractivity contribution in [1.82, 2.24) is 5.32 Å². The molecule has 0 aliphatic carbocycles. The van der Waals surface area contributed by atoms with Gasteiger partial charge in [0.25, 0.3) is 0 Å². The van der Waals surface area contributed by atoms with Gasteiger partial charge in [0.15, 0.2) is 9.84 Å². The van der Waals surface area contributed by atoms with Crippen molar-refractivity contribution in [3.05, 3.63) is 0 Å². The van der Waals surface area contributed by atoms with Crippen LogP contribution in [0.25, 0.3) is 0 Å². The highest BCUT2D eigenvalue weighted by atomic mass is 32.2. The first-order valence-electron chi connectivity index (χ1n) is 4.53. The summed E-state index contributed by atoms with van der Waals surface area (Å²) in [6.45, 7) is 0.923. The van der Waals surface area contributed by atoms with E-state index in [9.17, 15) is 8.42 Å². The highest BCUT2D eigenvalue weighted by molar-refractivity contribution is 7.92. The molecule has 1 saturated heterocycles. The van der Waals surface area contributed by atoms with E-state index in [0.29, 0.717) is 5.75 Å². The van der Waals surface area contributed by atoms with Crippen molar-refractivity contribution in [2.75, 3.05) is 19.3 Å². The Balaban J connectivity index is 2.32. The zero-order valence-corrected chi connectivity index (χ0v) is 8.36. The molecular weight excluding hydrogens is 174 g/mol. The molecule has 1 N–H and O–H groups in total. The van der Waals surface area contributed by atoms with E-state index in [1.54, 1.807) is 0 Å². The summed E-state index contributed by atoms with van der Waals surface area (Å²) in [5.74, 6) is 0.414. The molecule has 1 aliphatic rings. The lowest BCUT2D eigenvalue weighted by atomic mass is 10.1. The van der Waals surface area contributed by atoms with E-state index in [0.717, 1.165) is 32.2 Å². The predicted octanol–water partition coefficient (Wildman–Crippen LogP) is 0.563. The standard InChI is InChI=1S/C8H17NO2S/c1-9-6-2-4-8-5-3-7-12(8,10)11/h8-9H,2-7H2,1H3. The second kappa shape index (κ2) is 4.23. The largest absolute Gasteiger partial charge is 0.320 e. The van der Waals surface area contributed by atoms with Gasteiger partial charge in [-0.3, -0.25) is 0 Å². The third kappa shape index (κ3) is 2.45. The highest BCUT2D eigenvalue weighted by Gasteiger charge is 2.30. The molecule has 1 aliphatic heterocycles. The second-order valence-corrected chi connectivity index (χ2v) is 5.78. The van der Waals surface area contributed by atoms with Gasteiger partial charge in [-0.2, -0.15) is 0 Å². The molecule has 0 radical (unpaired) electrons. The Labute approximate surface area is 74.5 Å². The second-order valence-electron chi connectivity index (χ2n) is 3.38. The van der Waals surface area contributed by atoms with E-state index in [-0.39, 0.29) is 5.25 Å². The summed E-state index contributed by atoms with van der Waals surface area (Å²) < 4.78 is 22.7. The molecule has 1 fully saturated rings. The molecule has 12 heavy (non-hydrogen) atoms. The smallest absolute Gasteiger partial charge is 0.153 e. The molecule has 0 aromatic carbocycles. The Hall–Kier alpha value is -0.0900. The Morgan fingerprint density at radius 1 is 1.50 bits per heavy atom. The zero-order chi connectivity index (χ0) is 9.03. The predicted molar refractivity (Wildman–Crippen MR) is 50.0 cm³/mol.